The van der Waals surface area contributed by atoms with E-state index in [1.165, 1.54) is 16.0 Å². The molecule has 2 aliphatic carbocycles. The average Bonchev–Trinajstić information content (AvgIpc) is 3.01. The molecule has 1 aromatic carbocycles. The van der Waals surface area contributed by atoms with E-state index in [-0.39, 0.29) is 39.9 Å². The lowest BCUT2D eigenvalue weighted by molar-refractivity contribution is -0.127. The molecule has 26 heavy (non-hydrogen) atoms. The number of allylic oxidation sites excluding steroid dienone is 2. The summed E-state index contributed by atoms with van der Waals surface area (Å²) in [5.41, 5.74) is 2.11. The molecule has 4 nitrogen and oxygen atoms in total. The van der Waals surface area contributed by atoms with Crippen molar-refractivity contribution >= 4 is 17.5 Å². The standard InChI is InChI=1S/C22H27NO3/c1-13-14(2)22(5)17-16(21(13,4)20(22,3)12-26-6)18(24)23(19(17)25)15-10-8-7-9-11-15/h7-11,16-17H,12H2,1-6H3/t16-,17+,20?,21+,22-. The van der Waals surface area contributed by atoms with Gasteiger partial charge in [-0.05, 0) is 26.0 Å². The highest BCUT2D eigenvalue weighted by atomic mass is 16.5. The third-order valence-electron chi connectivity index (χ3n) is 8.41. The smallest absolute Gasteiger partial charge is 0.238 e. The fourth-order valence-electron chi connectivity index (χ4n) is 6.55. The summed E-state index contributed by atoms with van der Waals surface area (Å²) < 4.78 is 5.62. The number of carbonyl (C=O) groups is 2. The second kappa shape index (κ2) is 5.07. The molecule has 1 saturated carbocycles. The lowest BCUT2D eigenvalue weighted by atomic mass is 9.60. The molecule has 3 aliphatic rings. The van der Waals surface area contributed by atoms with Gasteiger partial charge in [-0.25, -0.2) is 4.90 Å². The Hall–Kier alpha value is -1.94. The van der Waals surface area contributed by atoms with E-state index in [1.54, 1.807) is 7.11 Å². The summed E-state index contributed by atoms with van der Waals surface area (Å²) in [6.07, 6.45) is 0. The first-order valence-electron chi connectivity index (χ1n) is 9.28. The molecule has 0 radical (unpaired) electrons. The maximum absolute atomic E-state index is 13.5. The zero-order valence-electron chi connectivity index (χ0n) is 16.4. The molecular weight excluding hydrogens is 326 g/mol. The number of methoxy groups -OCH3 is 1. The lowest BCUT2D eigenvalue weighted by Crippen LogP contribution is -2.48. The van der Waals surface area contributed by atoms with Crippen LogP contribution in [0.4, 0.5) is 5.69 Å². The number of para-hydroxylation sites is 1. The molecule has 1 aromatic rings. The van der Waals surface area contributed by atoms with Crippen LogP contribution in [0.25, 0.3) is 0 Å². The molecule has 2 bridgehead atoms. The van der Waals surface area contributed by atoms with Crippen LogP contribution in [0, 0.1) is 28.1 Å². The molecule has 2 fully saturated rings. The SMILES string of the molecule is COCC1(C)[C@@]2(C)C(C)=C(C)[C@]1(C)[C@@H]1C(=O)N(c3ccccc3)C(=O)[C@@H]12. The van der Waals surface area contributed by atoms with Gasteiger partial charge in [0.2, 0.25) is 11.8 Å². The van der Waals surface area contributed by atoms with Gasteiger partial charge in [-0.3, -0.25) is 9.59 Å². The van der Waals surface area contributed by atoms with Gasteiger partial charge in [-0.15, -0.1) is 0 Å². The van der Waals surface area contributed by atoms with Crippen LogP contribution < -0.4 is 4.90 Å². The Morgan fingerprint density at radius 1 is 0.923 bits per heavy atom. The lowest BCUT2D eigenvalue weighted by Gasteiger charge is -2.45. The summed E-state index contributed by atoms with van der Waals surface area (Å²) in [6, 6.07) is 9.31. The summed E-state index contributed by atoms with van der Waals surface area (Å²) in [5, 5.41) is 0. The van der Waals surface area contributed by atoms with Crippen molar-refractivity contribution in [3.8, 4) is 0 Å². The van der Waals surface area contributed by atoms with Gasteiger partial charge >= 0.3 is 0 Å². The Morgan fingerprint density at radius 3 is 1.81 bits per heavy atom. The molecule has 138 valence electrons. The highest BCUT2D eigenvalue weighted by Gasteiger charge is 2.81. The topological polar surface area (TPSA) is 46.6 Å². The quantitative estimate of drug-likeness (QED) is 0.613. The Morgan fingerprint density at radius 2 is 1.38 bits per heavy atom. The number of nitrogens with zero attached hydrogens (tertiary/aromatic N) is 1. The summed E-state index contributed by atoms with van der Waals surface area (Å²) in [5.74, 6) is -0.786. The van der Waals surface area contributed by atoms with Gasteiger partial charge in [0.05, 0.1) is 24.1 Å². The number of amides is 2. The molecule has 1 saturated heterocycles. The number of ether oxygens (including phenoxy) is 1. The molecular formula is C22H27NO3. The number of hydrogen-bond donors (Lipinski definition) is 0. The largest absolute Gasteiger partial charge is 0.384 e. The van der Waals surface area contributed by atoms with E-state index in [2.05, 4.69) is 34.6 Å². The highest BCUT2D eigenvalue weighted by molar-refractivity contribution is 6.23. The predicted molar refractivity (Wildman–Crippen MR) is 100 cm³/mol. The normalized spacial score (nSPS) is 41.4. The van der Waals surface area contributed by atoms with Crippen molar-refractivity contribution in [2.45, 2.75) is 34.6 Å². The first-order chi connectivity index (χ1) is 12.2. The van der Waals surface area contributed by atoms with Crippen LogP contribution in [0.1, 0.15) is 34.6 Å². The van der Waals surface area contributed by atoms with Crippen molar-refractivity contribution in [2.75, 3.05) is 18.6 Å². The van der Waals surface area contributed by atoms with Crippen LogP contribution in [0.15, 0.2) is 41.5 Å². The molecule has 0 spiro atoms. The van der Waals surface area contributed by atoms with Crippen LogP contribution in [0.2, 0.25) is 0 Å². The second-order valence-corrected chi connectivity index (χ2v) is 8.72. The first-order valence-corrected chi connectivity index (χ1v) is 9.28. The summed E-state index contributed by atoms with van der Waals surface area (Å²) in [6.45, 7) is 11.3. The van der Waals surface area contributed by atoms with E-state index in [0.717, 1.165) is 0 Å². The van der Waals surface area contributed by atoms with Crippen molar-refractivity contribution < 1.29 is 14.3 Å². The van der Waals surface area contributed by atoms with E-state index in [9.17, 15) is 9.59 Å². The van der Waals surface area contributed by atoms with Gasteiger partial charge in [-0.1, -0.05) is 50.1 Å². The van der Waals surface area contributed by atoms with Crippen LogP contribution in [0.5, 0.6) is 0 Å². The predicted octanol–water partition coefficient (Wildman–Crippen LogP) is 3.82. The van der Waals surface area contributed by atoms with Crippen molar-refractivity contribution in [3.05, 3.63) is 41.5 Å². The Labute approximate surface area is 155 Å². The summed E-state index contributed by atoms with van der Waals surface area (Å²) >= 11 is 0. The molecule has 0 aromatic heterocycles. The van der Waals surface area contributed by atoms with E-state index in [0.29, 0.717) is 12.3 Å². The third-order valence-corrected chi connectivity index (χ3v) is 8.41. The number of benzene rings is 1. The Bertz CT molecular complexity index is 798. The van der Waals surface area contributed by atoms with Crippen LogP contribution in [0.3, 0.4) is 0 Å². The van der Waals surface area contributed by atoms with Gasteiger partial charge in [0.15, 0.2) is 0 Å². The zero-order valence-corrected chi connectivity index (χ0v) is 16.4. The summed E-state index contributed by atoms with van der Waals surface area (Å²) in [7, 11) is 1.70. The fraction of sp³-hybridized carbons (Fsp3) is 0.545. The van der Waals surface area contributed by atoms with Gasteiger partial charge in [0.1, 0.15) is 0 Å². The van der Waals surface area contributed by atoms with Crippen molar-refractivity contribution in [1.29, 1.82) is 0 Å². The molecule has 0 N–H and O–H groups in total. The Balaban J connectivity index is 1.92. The number of imide groups is 1. The van der Waals surface area contributed by atoms with Crippen LogP contribution >= 0.6 is 0 Å². The van der Waals surface area contributed by atoms with E-state index >= 15 is 0 Å². The average molecular weight is 353 g/mol. The maximum Gasteiger partial charge on any atom is 0.238 e. The maximum atomic E-state index is 13.5. The van der Waals surface area contributed by atoms with Gasteiger partial charge in [0, 0.05) is 23.4 Å². The van der Waals surface area contributed by atoms with E-state index in [4.69, 9.17) is 4.74 Å². The molecule has 5 atom stereocenters. The molecule has 1 unspecified atom stereocenters. The molecule has 4 heteroatoms. The minimum absolute atomic E-state index is 0.0633. The highest BCUT2D eigenvalue weighted by Crippen LogP contribution is 2.79. The fourth-order valence-corrected chi connectivity index (χ4v) is 6.55. The van der Waals surface area contributed by atoms with Crippen molar-refractivity contribution in [1.82, 2.24) is 0 Å². The van der Waals surface area contributed by atoms with Crippen LogP contribution in [-0.4, -0.2) is 25.5 Å². The van der Waals surface area contributed by atoms with Crippen LogP contribution in [-0.2, 0) is 14.3 Å². The Kier molecular flexibility index (Phi) is 3.41. The zero-order chi connectivity index (χ0) is 19.1. The van der Waals surface area contributed by atoms with Gasteiger partial charge < -0.3 is 4.74 Å². The van der Waals surface area contributed by atoms with Crippen molar-refractivity contribution in [3.63, 3.8) is 0 Å². The first kappa shape index (κ1) is 17.5. The second-order valence-electron chi connectivity index (χ2n) is 8.72. The number of fused-ring (bicyclic) bond motifs is 5. The minimum atomic E-state index is -0.386. The van der Waals surface area contributed by atoms with E-state index < -0.39 is 0 Å². The monoisotopic (exact) mass is 353 g/mol. The third kappa shape index (κ3) is 1.53. The molecule has 4 rings (SSSR count). The van der Waals surface area contributed by atoms with Gasteiger partial charge in [-0.2, -0.15) is 0 Å². The number of rotatable bonds is 3. The number of hydrogen-bond acceptors (Lipinski definition) is 3. The van der Waals surface area contributed by atoms with E-state index in [1.807, 2.05) is 30.3 Å². The number of carbonyl (C=O) groups excluding carboxylic acids is 2. The molecule has 2 amide bonds. The summed E-state index contributed by atoms with van der Waals surface area (Å²) in [4.78, 5) is 28.5. The number of anilines is 1. The van der Waals surface area contributed by atoms with Gasteiger partial charge in [0.25, 0.3) is 0 Å². The minimum Gasteiger partial charge on any atom is -0.384 e. The molecule has 1 heterocycles. The molecule has 1 aliphatic heterocycles. The van der Waals surface area contributed by atoms with Crippen molar-refractivity contribution in [2.24, 2.45) is 28.1 Å².